The van der Waals surface area contributed by atoms with E-state index in [1.165, 1.54) is 12.8 Å². The van der Waals surface area contributed by atoms with E-state index >= 15 is 0 Å². The molecule has 0 aromatic heterocycles. The fourth-order valence-corrected chi connectivity index (χ4v) is 2.66. The van der Waals surface area contributed by atoms with Crippen LogP contribution in [0.5, 0.6) is 0 Å². The molecule has 0 unspecified atom stereocenters. The number of piperidine rings is 1. The van der Waals surface area contributed by atoms with Crippen molar-refractivity contribution in [3.8, 4) is 0 Å². The third kappa shape index (κ3) is 3.35. The minimum Gasteiger partial charge on any atom is -0.370 e. The Balaban J connectivity index is 1.89. The number of nitrogens with two attached hydrogens (primary N) is 1. The van der Waals surface area contributed by atoms with Crippen LogP contribution in [-0.4, -0.2) is 19.7 Å². The molecule has 1 aliphatic heterocycles. The van der Waals surface area contributed by atoms with E-state index in [0.29, 0.717) is 6.61 Å². The van der Waals surface area contributed by atoms with Crippen molar-refractivity contribution in [2.24, 2.45) is 11.8 Å². The monoisotopic (exact) mass is 254 g/mol. The molecule has 17 heavy (non-hydrogen) atoms. The summed E-state index contributed by atoms with van der Waals surface area (Å²) in [5.41, 5.74) is 1.16. The van der Waals surface area contributed by atoms with Gasteiger partial charge in [-0.25, -0.2) is 5.90 Å². The van der Waals surface area contributed by atoms with Crippen LogP contribution in [0.4, 0.5) is 5.69 Å². The molecule has 0 saturated carbocycles. The second-order valence-electron chi connectivity index (χ2n) is 4.54. The molecule has 0 aliphatic carbocycles. The Kier molecular flexibility index (Phi) is 4.66. The zero-order chi connectivity index (χ0) is 12.1. The molecule has 2 N–H and O–H groups in total. The minimum atomic E-state index is 0.663. The van der Waals surface area contributed by atoms with Gasteiger partial charge in [0, 0.05) is 13.1 Å². The van der Waals surface area contributed by atoms with Crippen LogP contribution in [0, 0.1) is 5.92 Å². The molecule has 0 atom stereocenters. The Labute approximate surface area is 107 Å². The van der Waals surface area contributed by atoms with Crippen molar-refractivity contribution in [3.05, 3.63) is 29.3 Å². The highest BCUT2D eigenvalue weighted by atomic mass is 35.5. The van der Waals surface area contributed by atoms with E-state index in [9.17, 15) is 0 Å². The summed E-state index contributed by atoms with van der Waals surface area (Å²) >= 11 is 6.20. The smallest absolute Gasteiger partial charge is 0.0681 e. The lowest BCUT2D eigenvalue weighted by Gasteiger charge is -2.34. The number of para-hydroxylation sites is 1. The standard InChI is InChI=1S/C13H19ClN2O/c14-12-3-1-2-4-13(12)16-8-5-11(6-9-16)7-10-17-15/h1-4,11H,5-10,15H2. The molecule has 1 saturated heterocycles. The van der Waals surface area contributed by atoms with Gasteiger partial charge in [0.2, 0.25) is 0 Å². The van der Waals surface area contributed by atoms with Gasteiger partial charge in [0.05, 0.1) is 17.3 Å². The Morgan fingerprint density at radius 2 is 2.00 bits per heavy atom. The van der Waals surface area contributed by atoms with Crippen molar-refractivity contribution in [1.82, 2.24) is 0 Å². The lowest BCUT2D eigenvalue weighted by molar-refractivity contribution is 0.118. The quantitative estimate of drug-likeness (QED) is 0.840. The first kappa shape index (κ1) is 12.7. The minimum absolute atomic E-state index is 0.663. The van der Waals surface area contributed by atoms with Crippen molar-refractivity contribution in [2.75, 3.05) is 24.6 Å². The zero-order valence-electron chi connectivity index (χ0n) is 9.94. The predicted octanol–water partition coefficient (Wildman–Crippen LogP) is 2.84. The third-order valence-electron chi connectivity index (χ3n) is 3.45. The average Bonchev–Trinajstić information content (AvgIpc) is 2.38. The fourth-order valence-electron chi connectivity index (χ4n) is 2.41. The van der Waals surface area contributed by atoms with E-state index in [4.69, 9.17) is 17.5 Å². The number of rotatable bonds is 4. The summed E-state index contributed by atoms with van der Waals surface area (Å²) in [5, 5.41) is 0.844. The molecule has 1 fully saturated rings. The Morgan fingerprint density at radius 3 is 2.65 bits per heavy atom. The van der Waals surface area contributed by atoms with Crippen molar-refractivity contribution in [3.63, 3.8) is 0 Å². The molecule has 0 spiro atoms. The lowest BCUT2D eigenvalue weighted by Crippen LogP contribution is -2.34. The summed E-state index contributed by atoms with van der Waals surface area (Å²) in [6, 6.07) is 8.05. The van der Waals surface area contributed by atoms with Gasteiger partial charge in [0.1, 0.15) is 0 Å². The fraction of sp³-hybridized carbons (Fsp3) is 0.538. The number of nitrogens with zero attached hydrogens (tertiary/aromatic N) is 1. The molecule has 0 bridgehead atoms. The van der Waals surface area contributed by atoms with Gasteiger partial charge < -0.3 is 9.74 Å². The second kappa shape index (κ2) is 6.24. The largest absolute Gasteiger partial charge is 0.370 e. The first-order chi connectivity index (χ1) is 8.31. The molecule has 4 heteroatoms. The number of hydrogen-bond acceptors (Lipinski definition) is 3. The van der Waals surface area contributed by atoms with E-state index in [-0.39, 0.29) is 0 Å². The molecule has 94 valence electrons. The molecule has 1 heterocycles. The van der Waals surface area contributed by atoms with Gasteiger partial charge in [0.25, 0.3) is 0 Å². The summed E-state index contributed by atoms with van der Waals surface area (Å²) in [6.07, 6.45) is 3.44. The molecule has 1 aliphatic rings. The maximum absolute atomic E-state index is 6.20. The van der Waals surface area contributed by atoms with Crippen LogP contribution in [-0.2, 0) is 4.84 Å². The predicted molar refractivity (Wildman–Crippen MR) is 71.1 cm³/mol. The van der Waals surface area contributed by atoms with Crippen molar-refractivity contribution >= 4 is 17.3 Å². The van der Waals surface area contributed by atoms with E-state index in [1.54, 1.807) is 0 Å². The summed E-state index contributed by atoms with van der Waals surface area (Å²) in [7, 11) is 0. The Bertz CT molecular complexity index is 351. The topological polar surface area (TPSA) is 38.5 Å². The van der Waals surface area contributed by atoms with Crippen LogP contribution in [0.25, 0.3) is 0 Å². The molecule has 0 amide bonds. The second-order valence-corrected chi connectivity index (χ2v) is 4.95. The van der Waals surface area contributed by atoms with Crippen molar-refractivity contribution in [1.29, 1.82) is 0 Å². The van der Waals surface area contributed by atoms with Gasteiger partial charge in [-0.3, -0.25) is 0 Å². The molecule has 0 radical (unpaired) electrons. The summed E-state index contributed by atoms with van der Waals surface area (Å²) < 4.78 is 0. The summed E-state index contributed by atoms with van der Waals surface area (Å²) in [4.78, 5) is 7.00. The van der Waals surface area contributed by atoms with Gasteiger partial charge in [0.15, 0.2) is 0 Å². The van der Waals surface area contributed by atoms with Crippen LogP contribution in [0.2, 0.25) is 5.02 Å². The van der Waals surface area contributed by atoms with Crippen molar-refractivity contribution < 1.29 is 4.84 Å². The molecule has 2 rings (SSSR count). The highest BCUT2D eigenvalue weighted by Gasteiger charge is 2.20. The Morgan fingerprint density at radius 1 is 1.29 bits per heavy atom. The lowest BCUT2D eigenvalue weighted by atomic mass is 9.93. The van der Waals surface area contributed by atoms with Crippen LogP contribution in [0.1, 0.15) is 19.3 Å². The third-order valence-corrected chi connectivity index (χ3v) is 3.77. The van der Waals surface area contributed by atoms with E-state index in [2.05, 4.69) is 15.8 Å². The molecule has 1 aromatic rings. The van der Waals surface area contributed by atoms with Crippen LogP contribution in [0.3, 0.4) is 0 Å². The number of halogens is 1. The van der Waals surface area contributed by atoms with Crippen LogP contribution < -0.4 is 10.8 Å². The van der Waals surface area contributed by atoms with Crippen LogP contribution >= 0.6 is 11.6 Å². The summed E-state index contributed by atoms with van der Waals surface area (Å²) in [5.74, 6) is 5.79. The van der Waals surface area contributed by atoms with Gasteiger partial charge in [-0.15, -0.1) is 0 Å². The number of benzene rings is 1. The highest BCUT2D eigenvalue weighted by molar-refractivity contribution is 6.33. The van der Waals surface area contributed by atoms with Crippen LogP contribution in [0.15, 0.2) is 24.3 Å². The number of hydrogen-bond donors (Lipinski definition) is 1. The van der Waals surface area contributed by atoms with E-state index in [1.807, 2.05) is 18.2 Å². The molecular weight excluding hydrogens is 236 g/mol. The van der Waals surface area contributed by atoms with Crippen molar-refractivity contribution in [2.45, 2.75) is 19.3 Å². The van der Waals surface area contributed by atoms with E-state index < -0.39 is 0 Å². The summed E-state index contributed by atoms with van der Waals surface area (Å²) in [6.45, 7) is 2.80. The SMILES string of the molecule is NOCCC1CCN(c2ccccc2Cl)CC1. The van der Waals surface area contributed by atoms with Gasteiger partial charge >= 0.3 is 0 Å². The molecular formula is C13H19ClN2O. The Hall–Kier alpha value is -0.770. The van der Waals surface area contributed by atoms with Gasteiger partial charge in [-0.1, -0.05) is 23.7 Å². The first-order valence-corrected chi connectivity index (χ1v) is 6.50. The first-order valence-electron chi connectivity index (χ1n) is 6.12. The highest BCUT2D eigenvalue weighted by Crippen LogP contribution is 2.30. The maximum atomic E-state index is 6.20. The molecule has 3 nitrogen and oxygen atoms in total. The molecule has 1 aromatic carbocycles. The van der Waals surface area contributed by atoms with Gasteiger partial charge in [-0.2, -0.15) is 0 Å². The normalized spacial score (nSPS) is 17.4. The van der Waals surface area contributed by atoms with Gasteiger partial charge in [-0.05, 0) is 37.3 Å². The van der Waals surface area contributed by atoms with E-state index in [0.717, 1.165) is 36.1 Å². The maximum Gasteiger partial charge on any atom is 0.0681 e. The zero-order valence-corrected chi connectivity index (χ0v) is 10.7. The average molecular weight is 255 g/mol. The number of anilines is 1.